The number of aromatic amines is 1. The first kappa shape index (κ1) is 21.0. The van der Waals surface area contributed by atoms with E-state index in [9.17, 15) is 4.79 Å². The van der Waals surface area contributed by atoms with Crippen molar-refractivity contribution in [2.45, 2.75) is 6.54 Å². The van der Waals surface area contributed by atoms with E-state index >= 15 is 0 Å². The minimum atomic E-state index is -0.361. The number of ether oxygens (including phenoxy) is 1. The molecule has 28 heavy (non-hydrogen) atoms. The third-order valence-electron chi connectivity index (χ3n) is 3.60. The molecule has 2 N–H and O–H groups in total. The molecule has 2 aromatic carbocycles. The molecule has 0 unspecified atom stereocenters. The number of aromatic nitrogens is 3. The van der Waals surface area contributed by atoms with Crippen LogP contribution in [0.3, 0.4) is 0 Å². The van der Waals surface area contributed by atoms with Crippen molar-refractivity contribution in [3.63, 3.8) is 0 Å². The molecule has 6 nitrogen and oxygen atoms in total. The number of amides is 1. The molecule has 0 bridgehead atoms. The van der Waals surface area contributed by atoms with Crippen LogP contribution in [0.5, 0.6) is 5.75 Å². The Balaban J connectivity index is 1.65. The van der Waals surface area contributed by atoms with E-state index in [-0.39, 0.29) is 19.1 Å². The number of rotatable bonds is 6. The summed E-state index contributed by atoms with van der Waals surface area (Å²) < 4.78 is 7.40. The van der Waals surface area contributed by atoms with E-state index in [2.05, 4.69) is 15.5 Å². The number of carbonyl (C=O) groups excluding carboxylic acids is 1. The van der Waals surface area contributed by atoms with Crippen LogP contribution in [-0.4, -0.2) is 27.3 Å². The van der Waals surface area contributed by atoms with Gasteiger partial charge >= 0.3 is 0 Å². The summed E-state index contributed by atoms with van der Waals surface area (Å²) in [5.41, 5.74) is 0.668. The average molecular weight is 478 g/mol. The second kappa shape index (κ2) is 9.15. The van der Waals surface area contributed by atoms with Crippen molar-refractivity contribution in [3.8, 4) is 11.4 Å². The Bertz CT molecular complexity index is 1080. The Morgan fingerprint density at radius 3 is 2.61 bits per heavy atom. The lowest BCUT2D eigenvalue weighted by atomic mass is 10.3. The van der Waals surface area contributed by atoms with E-state index in [1.54, 1.807) is 34.9 Å². The summed E-state index contributed by atoms with van der Waals surface area (Å²) in [6.07, 6.45) is 0. The van der Waals surface area contributed by atoms with Gasteiger partial charge < -0.3 is 10.1 Å². The van der Waals surface area contributed by atoms with Crippen LogP contribution in [0.15, 0.2) is 36.4 Å². The molecule has 11 heteroatoms. The molecule has 0 spiro atoms. The number of benzene rings is 2. The van der Waals surface area contributed by atoms with E-state index in [0.717, 1.165) is 0 Å². The number of nitrogens with zero attached hydrogens (tertiary/aromatic N) is 2. The molecule has 0 saturated carbocycles. The van der Waals surface area contributed by atoms with Crippen molar-refractivity contribution in [3.05, 3.63) is 67.1 Å². The van der Waals surface area contributed by atoms with Gasteiger partial charge in [0.2, 0.25) is 0 Å². The Morgan fingerprint density at radius 2 is 1.89 bits per heavy atom. The maximum absolute atomic E-state index is 12.1. The Morgan fingerprint density at radius 1 is 1.11 bits per heavy atom. The van der Waals surface area contributed by atoms with Crippen molar-refractivity contribution in [2.75, 3.05) is 6.61 Å². The van der Waals surface area contributed by atoms with Gasteiger partial charge in [0, 0.05) is 5.02 Å². The fourth-order valence-corrected chi connectivity index (χ4v) is 3.31. The van der Waals surface area contributed by atoms with Crippen LogP contribution >= 0.6 is 58.6 Å². The molecular formula is C17H12Cl4N4O2S. The van der Waals surface area contributed by atoms with Crippen LogP contribution in [0, 0.1) is 4.77 Å². The topological polar surface area (TPSA) is 71.9 Å². The molecule has 1 aromatic heterocycles. The Hall–Kier alpha value is -1.77. The highest BCUT2D eigenvalue weighted by Gasteiger charge is 2.12. The Kier molecular flexibility index (Phi) is 6.85. The molecule has 146 valence electrons. The molecule has 0 fully saturated rings. The van der Waals surface area contributed by atoms with Crippen LogP contribution in [0.25, 0.3) is 5.69 Å². The lowest BCUT2D eigenvalue weighted by molar-refractivity contribution is -0.123. The van der Waals surface area contributed by atoms with Crippen molar-refractivity contribution in [2.24, 2.45) is 0 Å². The number of hydrogen-bond donors (Lipinski definition) is 2. The summed E-state index contributed by atoms with van der Waals surface area (Å²) in [5.74, 6) is 0.488. The second-order valence-electron chi connectivity index (χ2n) is 5.52. The molecule has 0 saturated heterocycles. The predicted molar refractivity (Wildman–Crippen MR) is 113 cm³/mol. The van der Waals surface area contributed by atoms with E-state index < -0.39 is 0 Å². The number of halogens is 4. The van der Waals surface area contributed by atoms with Crippen LogP contribution in [0.4, 0.5) is 0 Å². The van der Waals surface area contributed by atoms with Gasteiger partial charge in [-0.2, -0.15) is 5.10 Å². The molecule has 0 atom stereocenters. The molecule has 0 radical (unpaired) electrons. The normalized spacial score (nSPS) is 10.7. The quantitative estimate of drug-likeness (QED) is 0.476. The summed E-state index contributed by atoms with van der Waals surface area (Å²) in [6, 6.07) is 9.80. The minimum Gasteiger partial charge on any atom is -0.482 e. The smallest absolute Gasteiger partial charge is 0.258 e. The first-order chi connectivity index (χ1) is 13.3. The maximum Gasteiger partial charge on any atom is 0.258 e. The number of H-pyrrole nitrogens is 1. The average Bonchev–Trinajstić information content (AvgIpc) is 3.02. The van der Waals surface area contributed by atoms with E-state index in [0.29, 0.717) is 42.1 Å². The largest absolute Gasteiger partial charge is 0.482 e. The third-order valence-corrected chi connectivity index (χ3v) is 5.14. The van der Waals surface area contributed by atoms with Crippen LogP contribution in [0.1, 0.15) is 5.82 Å². The minimum absolute atomic E-state index is 0.115. The number of nitrogens with one attached hydrogen (secondary N) is 2. The fraction of sp³-hybridized carbons (Fsp3) is 0.118. The lowest BCUT2D eigenvalue weighted by Crippen LogP contribution is -2.29. The summed E-state index contributed by atoms with van der Waals surface area (Å²) in [4.78, 5) is 12.1. The summed E-state index contributed by atoms with van der Waals surface area (Å²) >= 11 is 29.1. The molecule has 1 heterocycles. The maximum atomic E-state index is 12.1. The van der Waals surface area contributed by atoms with Gasteiger partial charge in [-0.3, -0.25) is 14.5 Å². The first-order valence-electron chi connectivity index (χ1n) is 7.81. The zero-order chi connectivity index (χ0) is 20.3. The standard InChI is InChI=1S/C17H12Cl4N4O2S/c18-9-1-4-14(13(21)5-9)27-8-16(26)22-7-15-23-24-17(28)25(15)10-2-3-11(19)12(20)6-10/h1-6H,7-8H2,(H,22,26)(H,24,28). The van der Waals surface area contributed by atoms with Crippen LogP contribution in [-0.2, 0) is 11.3 Å². The highest BCUT2D eigenvalue weighted by atomic mass is 35.5. The van der Waals surface area contributed by atoms with E-state index in [1.165, 1.54) is 6.07 Å². The highest BCUT2D eigenvalue weighted by molar-refractivity contribution is 7.71. The molecular weight excluding hydrogens is 466 g/mol. The zero-order valence-electron chi connectivity index (χ0n) is 14.0. The second-order valence-corrected chi connectivity index (χ2v) is 7.56. The van der Waals surface area contributed by atoms with E-state index in [4.69, 9.17) is 63.4 Å². The SMILES string of the molecule is O=C(COc1ccc(Cl)cc1Cl)NCc1n[nH]c(=S)n1-c1ccc(Cl)c(Cl)c1. The fourth-order valence-electron chi connectivity index (χ4n) is 2.30. The van der Waals surface area contributed by atoms with Gasteiger partial charge in [0.05, 0.1) is 27.3 Å². The van der Waals surface area contributed by atoms with Crippen molar-refractivity contribution < 1.29 is 9.53 Å². The summed E-state index contributed by atoms with van der Waals surface area (Å²) in [5, 5.41) is 11.1. The van der Waals surface area contributed by atoms with Crippen LogP contribution < -0.4 is 10.1 Å². The first-order valence-corrected chi connectivity index (χ1v) is 9.73. The number of hydrogen-bond acceptors (Lipinski definition) is 4. The monoisotopic (exact) mass is 476 g/mol. The van der Waals surface area contributed by atoms with E-state index in [1.807, 2.05) is 0 Å². The Labute approximate surface area is 185 Å². The zero-order valence-corrected chi connectivity index (χ0v) is 17.8. The lowest BCUT2D eigenvalue weighted by Gasteiger charge is -2.10. The van der Waals surface area contributed by atoms with Gasteiger partial charge in [-0.05, 0) is 48.6 Å². The van der Waals surface area contributed by atoms with Gasteiger partial charge in [0.25, 0.3) is 5.91 Å². The number of carbonyl (C=O) groups is 1. The molecule has 0 aliphatic carbocycles. The highest BCUT2D eigenvalue weighted by Crippen LogP contribution is 2.27. The predicted octanol–water partition coefficient (Wildman–Crippen LogP) is 5.24. The van der Waals surface area contributed by atoms with Gasteiger partial charge in [-0.15, -0.1) is 0 Å². The van der Waals surface area contributed by atoms with Crippen molar-refractivity contribution in [1.29, 1.82) is 0 Å². The molecule has 3 aromatic rings. The molecule has 0 aliphatic rings. The van der Waals surface area contributed by atoms with Gasteiger partial charge in [-0.25, -0.2) is 0 Å². The van der Waals surface area contributed by atoms with Gasteiger partial charge in [-0.1, -0.05) is 46.4 Å². The van der Waals surface area contributed by atoms with Crippen LogP contribution in [0.2, 0.25) is 20.1 Å². The molecule has 0 aliphatic heterocycles. The van der Waals surface area contributed by atoms with Crippen molar-refractivity contribution >= 4 is 64.5 Å². The van der Waals surface area contributed by atoms with Crippen molar-refractivity contribution in [1.82, 2.24) is 20.1 Å². The summed E-state index contributed by atoms with van der Waals surface area (Å²) in [6.45, 7) is -0.108. The van der Waals surface area contributed by atoms with Gasteiger partial charge in [0.15, 0.2) is 17.2 Å². The molecule has 1 amide bonds. The van der Waals surface area contributed by atoms with Gasteiger partial charge in [0.1, 0.15) is 5.75 Å². The summed E-state index contributed by atoms with van der Waals surface area (Å²) in [7, 11) is 0. The molecule has 3 rings (SSSR count). The third kappa shape index (κ3) is 4.98.